The summed E-state index contributed by atoms with van der Waals surface area (Å²) in [6.07, 6.45) is -1.41. The van der Waals surface area contributed by atoms with Crippen molar-refractivity contribution < 1.29 is 38.2 Å². The first kappa shape index (κ1) is 38.0. The van der Waals surface area contributed by atoms with Gasteiger partial charge in [0.2, 0.25) is 11.8 Å². The Kier molecular flexibility index (Phi) is 17.2. The molecule has 1 rings (SSSR count). The van der Waals surface area contributed by atoms with Crippen LogP contribution in [0, 0.1) is 0 Å². The molecule has 5 amide bonds. The fourth-order valence-corrected chi connectivity index (χ4v) is 3.48. The normalized spacial score (nSPS) is 11.2. The minimum Gasteiger partial charge on any atom is -0.445 e. The minimum atomic E-state index is -0.613. The van der Waals surface area contributed by atoms with E-state index >= 15 is 0 Å². The standard InChI is InChI=1S/C30H50N6O8/c1-29(2,3)43-27(40)33-16-14-31-24(37)12-19-36(21-18-35-26(39)42-22-23-10-8-7-9-11-23)20-13-25(38)32-15-17-34-28(41)44-30(4,5)6/h7-11H,12-22H2,1-6H3,(H,31,37)(H,32,38)(H,33,40)(H,34,41)(H,35,39). The maximum absolute atomic E-state index is 12.4. The molecule has 0 aliphatic carbocycles. The summed E-state index contributed by atoms with van der Waals surface area (Å²) in [6, 6.07) is 9.30. The molecule has 0 bridgehead atoms. The van der Waals surface area contributed by atoms with Gasteiger partial charge in [0.25, 0.3) is 0 Å². The Morgan fingerprint density at radius 2 is 1.02 bits per heavy atom. The van der Waals surface area contributed by atoms with Gasteiger partial charge in [0.05, 0.1) is 0 Å². The first-order valence-electron chi connectivity index (χ1n) is 14.8. The van der Waals surface area contributed by atoms with Gasteiger partial charge in [0.15, 0.2) is 0 Å². The average Bonchev–Trinajstić information content (AvgIpc) is 2.92. The van der Waals surface area contributed by atoms with Crippen molar-refractivity contribution in [3.63, 3.8) is 0 Å². The van der Waals surface area contributed by atoms with Gasteiger partial charge < -0.3 is 45.7 Å². The van der Waals surface area contributed by atoms with Crippen LogP contribution in [0.4, 0.5) is 14.4 Å². The lowest BCUT2D eigenvalue weighted by Gasteiger charge is -2.22. The first-order valence-corrected chi connectivity index (χ1v) is 14.8. The van der Waals surface area contributed by atoms with Crippen molar-refractivity contribution in [1.29, 1.82) is 0 Å². The summed E-state index contributed by atoms with van der Waals surface area (Å²) in [7, 11) is 0. The molecule has 0 aromatic heterocycles. The number of rotatable bonds is 17. The van der Waals surface area contributed by atoms with E-state index in [9.17, 15) is 24.0 Å². The number of nitrogens with one attached hydrogen (secondary N) is 5. The van der Waals surface area contributed by atoms with Crippen LogP contribution in [0.15, 0.2) is 30.3 Å². The number of carbonyl (C=O) groups is 5. The third-order valence-electron chi connectivity index (χ3n) is 5.45. The van der Waals surface area contributed by atoms with Crippen molar-refractivity contribution in [2.45, 2.75) is 72.2 Å². The number of alkyl carbamates (subject to hydrolysis) is 3. The summed E-state index contributed by atoms with van der Waals surface area (Å²) < 4.78 is 15.5. The number of amides is 5. The SMILES string of the molecule is CC(C)(C)OC(=O)NCCNC(=O)CCN(CCNC(=O)OCc1ccccc1)CCC(=O)NCCNC(=O)OC(C)(C)C. The van der Waals surface area contributed by atoms with Crippen molar-refractivity contribution in [2.75, 3.05) is 52.4 Å². The lowest BCUT2D eigenvalue weighted by molar-refractivity contribution is -0.121. The number of benzene rings is 1. The average molecular weight is 623 g/mol. The molecule has 0 unspecified atom stereocenters. The number of carbonyl (C=O) groups excluding carboxylic acids is 5. The zero-order valence-electron chi connectivity index (χ0n) is 26.9. The van der Waals surface area contributed by atoms with E-state index in [-0.39, 0.29) is 64.0 Å². The largest absolute Gasteiger partial charge is 0.445 e. The molecule has 0 aliphatic heterocycles. The molecule has 0 aliphatic rings. The summed E-state index contributed by atoms with van der Waals surface area (Å²) in [5.74, 6) is -0.456. The van der Waals surface area contributed by atoms with Gasteiger partial charge in [0, 0.05) is 65.2 Å². The molecule has 0 saturated heterocycles. The van der Waals surface area contributed by atoms with Crippen LogP contribution in [0.25, 0.3) is 0 Å². The second-order valence-electron chi connectivity index (χ2n) is 11.9. The van der Waals surface area contributed by atoms with Crippen molar-refractivity contribution in [2.24, 2.45) is 0 Å². The Hall–Kier alpha value is -4.07. The minimum absolute atomic E-state index is 0.141. The molecule has 0 saturated carbocycles. The molecule has 1 aromatic rings. The third kappa shape index (κ3) is 21.6. The van der Waals surface area contributed by atoms with Gasteiger partial charge in [-0.05, 0) is 47.1 Å². The van der Waals surface area contributed by atoms with Gasteiger partial charge in [0.1, 0.15) is 17.8 Å². The summed E-state index contributed by atoms with van der Waals surface area (Å²) in [6.45, 7) is 12.9. The summed E-state index contributed by atoms with van der Waals surface area (Å²) >= 11 is 0. The number of hydrogen-bond acceptors (Lipinski definition) is 9. The Labute approximate surface area is 260 Å². The molecular formula is C30H50N6O8. The number of nitrogens with zero attached hydrogens (tertiary/aromatic N) is 1. The molecule has 14 nitrogen and oxygen atoms in total. The Bertz CT molecular complexity index is 988. The monoisotopic (exact) mass is 622 g/mol. The topological polar surface area (TPSA) is 176 Å². The van der Waals surface area contributed by atoms with Crippen LogP contribution in [-0.4, -0.2) is 98.6 Å². The quantitative estimate of drug-likeness (QED) is 0.129. The molecule has 248 valence electrons. The molecule has 0 atom stereocenters. The first-order chi connectivity index (χ1) is 20.6. The van der Waals surface area contributed by atoms with Gasteiger partial charge in [-0.2, -0.15) is 0 Å². The Morgan fingerprint density at radius 1 is 0.591 bits per heavy atom. The molecular weight excluding hydrogens is 572 g/mol. The van der Waals surface area contributed by atoms with Crippen molar-refractivity contribution in [1.82, 2.24) is 31.5 Å². The van der Waals surface area contributed by atoms with Crippen LogP contribution in [0.5, 0.6) is 0 Å². The Balaban J connectivity index is 2.46. The zero-order valence-corrected chi connectivity index (χ0v) is 26.9. The van der Waals surface area contributed by atoms with E-state index in [2.05, 4.69) is 26.6 Å². The van der Waals surface area contributed by atoms with Gasteiger partial charge in [-0.25, -0.2) is 14.4 Å². The van der Waals surface area contributed by atoms with Crippen LogP contribution in [0.3, 0.4) is 0 Å². The van der Waals surface area contributed by atoms with Crippen LogP contribution in [0.2, 0.25) is 0 Å². The molecule has 5 N–H and O–H groups in total. The smallest absolute Gasteiger partial charge is 0.407 e. The maximum Gasteiger partial charge on any atom is 0.407 e. The lowest BCUT2D eigenvalue weighted by Crippen LogP contribution is -2.41. The molecule has 0 radical (unpaired) electrons. The predicted molar refractivity (Wildman–Crippen MR) is 165 cm³/mol. The van der Waals surface area contributed by atoms with Crippen molar-refractivity contribution in [3.05, 3.63) is 35.9 Å². The second kappa shape index (κ2) is 20.0. The highest BCUT2D eigenvalue weighted by Crippen LogP contribution is 2.07. The lowest BCUT2D eigenvalue weighted by atomic mass is 10.2. The van der Waals surface area contributed by atoms with Crippen LogP contribution in [-0.2, 0) is 30.4 Å². The molecule has 0 spiro atoms. The number of ether oxygens (including phenoxy) is 3. The molecule has 1 aromatic carbocycles. The van der Waals surface area contributed by atoms with E-state index in [0.717, 1.165) is 5.56 Å². The van der Waals surface area contributed by atoms with Crippen LogP contribution < -0.4 is 26.6 Å². The summed E-state index contributed by atoms with van der Waals surface area (Å²) in [5.41, 5.74) is -0.361. The van der Waals surface area contributed by atoms with Crippen LogP contribution in [0.1, 0.15) is 59.9 Å². The highest BCUT2D eigenvalue weighted by Gasteiger charge is 2.17. The van der Waals surface area contributed by atoms with Crippen molar-refractivity contribution in [3.8, 4) is 0 Å². The highest BCUT2D eigenvalue weighted by atomic mass is 16.6. The third-order valence-corrected chi connectivity index (χ3v) is 5.45. The van der Waals surface area contributed by atoms with Crippen molar-refractivity contribution >= 4 is 30.1 Å². The van der Waals surface area contributed by atoms with E-state index < -0.39 is 29.5 Å². The van der Waals surface area contributed by atoms with Crippen LogP contribution >= 0.6 is 0 Å². The molecule has 0 heterocycles. The van der Waals surface area contributed by atoms with Gasteiger partial charge >= 0.3 is 18.3 Å². The van der Waals surface area contributed by atoms with E-state index in [0.29, 0.717) is 19.6 Å². The fourth-order valence-electron chi connectivity index (χ4n) is 3.48. The maximum atomic E-state index is 12.4. The Morgan fingerprint density at radius 3 is 1.48 bits per heavy atom. The van der Waals surface area contributed by atoms with Gasteiger partial charge in [-0.1, -0.05) is 30.3 Å². The van der Waals surface area contributed by atoms with E-state index in [1.165, 1.54) is 0 Å². The number of hydrogen-bond donors (Lipinski definition) is 5. The molecule has 0 fully saturated rings. The van der Waals surface area contributed by atoms with Gasteiger partial charge in [-0.15, -0.1) is 0 Å². The fraction of sp³-hybridized carbons (Fsp3) is 0.633. The predicted octanol–water partition coefficient (Wildman–Crippen LogP) is 2.28. The second-order valence-corrected chi connectivity index (χ2v) is 11.9. The van der Waals surface area contributed by atoms with Gasteiger partial charge in [-0.3, -0.25) is 9.59 Å². The summed E-state index contributed by atoms with van der Waals surface area (Å²) in [5, 5.41) is 13.3. The van der Waals surface area contributed by atoms with E-state index in [1.54, 1.807) is 41.5 Å². The molecule has 44 heavy (non-hydrogen) atoms. The summed E-state index contributed by atoms with van der Waals surface area (Å²) in [4.78, 5) is 62.2. The van der Waals surface area contributed by atoms with E-state index in [4.69, 9.17) is 14.2 Å². The highest BCUT2D eigenvalue weighted by molar-refractivity contribution is 5.77. The van der Waals surface area contributed by atoms with E-state index in [1.807, 2.05) is 35.2 Å². The zero-order chi connectivity index (χ0) is 33.0. The molecule has 14 heteroatoms.